The van der Waals surface area contributed by atoms with Crippen LogP contribution < -0.4 is 29.6 Å². The molecule has 0 spiro atoms. The van der Waals surface area contributed by atoms with Gasteiger partial charge in [0.05, 0.1) is 28.9 Å². The number of halogens is 2. The van der Waals surface area contributed by atoms with Gasteiger partial charge < -0.3 is 34.3 Å². The summed E-state index contributed by atoms with van der Waals surface area (Å²) in [7, 11) is 1.59. The minimum Gasteiger partial charge on any atom is -0.487 e. The lowest BCUT2D eigenvalue weighted by Crippen LogP contribution is -2.31. The lowest BCUT2D eigenvalue weighted by Gasteiger charge is -2.23. The fraction of sp³-hybridized carbons (Fsp3) is 0.250. The predicted molar refractivity (Wildman–Crippen MR) is 146 cm³/mol. The number of hydrogen-bond acceptors (Lipinski definition) is 8. The highest BCUT2D eigenvalue weighted by Gasteiger charge is 2.25. The molecule has 2 amide bonds. The maximum Gasteiger partial charge on any atom is 0.319 e. The Hall–Kier alpha value is -4.35. The smallest absolute Gasteiger partial charge is 0.319 e. The van der Waals surface area contributed by atoms with Crippen LogP contribution in [-0.4, -0.2) is 49.5 Å². The fourth-order valence-corrected chi connectivity index (χ4v) is 4.28. The Kier molecular flexibility index (Phi) is 8.32. The van der Waals surface area contributed by atoms with Gasteiger partial charge in [-0.2, -0.15) is 0 Å². The van der Waals surface area contributed by atoms with Crippen molar-refractivity contribution in [3.8, 4) is 28.9 Å². The average molecular weight is 569 g/mol. The van der Waals surface area contributed by atoms with Gasteiger partial charge in [-0.05, 0) is 36.8 Å². The number of aromatic nitrogens is 2. The van der Waals surface area contributed by atoms with Gasteiger partial charge in [-0.15, -0.1) is 0 Å². The molecule has 5 rings (SSSR count). The number of hydrogen-bond donors (Lipinski definition) is 2. The van der Waals surface area contributed by atoms with E-state index in [1.54, 1.807) is 50.4 Å². The third-order valence-electron chi connectivity index (χ3n) is 6.01. The zero-order chi connectivity index (χ0) is 28.1. The van der Waals surface area contributed by atoms with Crippen LogP contribution in [0, 0.1) is 5.82 Å². The molecular formula is C28H26ClFN4O6. The summed E-state index contributed by atoms with van der Waals surface area (Å²) in [6.45, 7) is 3.23. The Labute approximate surface area is 234 Å². The van der Waals surface area contributed by atoms with Crippen LogP contribution in [-0.2, 0) is 4.74 Å². The first-order valence-corrected chi connectivity index (χ1v) is 12.8. The van der Waals surface area contributed by atoms with Crippen molar-refractivity contribution in [2.45, 2.75) is 13.0 Å². The van der Waals surface area contributed by atoms with Crippen LogP contribution in [0.4, 0.5) is 14.9 Å². The number of anilines is 1. The molecule has 0 saturated heterocycles. The van der Waals surface area contributed by atoms with Crippen molar-refractivity contribution >= 4 is 34.2 Å². The first kappa shape index (κ1) is 27.2. The number of methoxy groups -OCH3 is 1. The second-order valence-corrected chi connectivity index (χ2v) is 9.17. The molecule has 208 valence electrons. The molecular weight excluding hydrogens is 543 g/mol. The molecule has 2 N–H and O–H groups in total. The molecule has 4 aromatic rings. The molecule has 1 atom stereocenters. The number of rotatable bonds is 9. The molecule has 0 radical (unpaired) electrons. The topological polar surface area (TPSA) is 113 Å². The molecule has 0 aliphatic carbocycles. The van der Waals surface area contributed by atoms with Crippen LogP contribution in [0.1, 0.15) is 18.5 Å². The summed E-state index contributed by atoms with van der Waals surface area (Å²) in [6.07, 6.45) is 1.37. The van der Waals surface area contributed by atoms with E-state index in [0.717, 1.165) is 5.56 Å². The van der Waals surface area contributed by atoms with Crippen molar-refractivity contribution in [3.05, 3.63) is 71.3 Å². The molecule has 0 fully saturated rings. The van der Waals surface area contributed by atoms with Crippen LogP contribution in [0.15, 0.2) is 54.9 Å². The van der Waals surface area contributed by atoms with E-state index in [4.69, 9.17) is 35.3 Å². The second-order valence-electron chi connectivity index (χ2n) is 8.76. The summed E-state index contributed by atoms with van der Waals surface area (Å²) in [5, 5.41) is 6.27. The lowest BCUT2D eigenvalue weighted by molar-refractivity contribution is 0.134. The molecule has 0 saturated carbocycles. The van der Waals surface area contributed by atoms with Crippen molar-refractivity contribution in [2.24, 2.45) is 0 Å². The summed E-state index contributed by atoms with van der Waals surface area (Å²) in [6, 6.07) is 11.6. The van der Waals surface area contributed by atoms with Gasteiger partial charge in [0, 0.05) is 19.2 Å². The Morgan fingerprint density at radius 2 is 1.85 bits per heavy atom. The van der Waals surface area contributed by atoms with Gasteiger partial charge >= 0.3 is 6.03 Å². The van der Waals surface area contributed by atoms with Gasteiger partial charge in [-0.3, -0.25) is 0 Å². The predicted octanol–water partition coefficient (Wildman–Crippen LogP) is 5.89. The highest BCUT2D eigenvalue weighted by Crippen LogP contribution is 2.48. The highest BCUT2D eigenvalue weighted by atomic mass is 35.5. The Balaban J connectivity index is 1.33. The second kappa shape index (κ2) is 12.2. The van der Waals surface area contributed by atoms with E-state index < -0.39 is 6.03 Å². The highest BCUT2D eigenvalue weighted by molar-refractivity contribution is 6.33. The molecule has 2 heterocycles. The third kappa shape index (κ3) is 6.11. The number of benzene rings is 3. The van der Waals surface area contributed by atoms with Gasteiger partial charge in [0.15, 0.2) is 11.5 Å². The number of fused-ring (bicyclic) bond motifs is 3. The monoisotopic (exact) mass is 568 g/mol. The van der Waals surface area contributed by atoms with Crippen molar-refractivity contribution in [2.75, 3.05) is 38.9 Å². The first-order chi connectivity index (χ1) is 19.4. The van der Waals surface area contributed by atoms with Gasteiger partial charge in [-0.1, -0.05) is 23.7 Å². The molecule has 40 heavy (non-hydrogen) atoms. The Morgan fingerprint density at radius 1 is 1.07 bits per heavy atom. The van der Waals surface area contributed by atoms with Crippen LogP contribution in [0.3, 0.4) is 0 Å². The standard InChI is InChI=1S/C28H26ClFN4O6/c1-16(17-3-5-18(30)6-4-17)33-28(35)34-21-8-7-19(13-20(21)29)40-27-24-22(31-15-32-27)14-23(37-10-9-36-2)25-26(24)39-12-11-38-25/h3-8,13-16H,9-12H2,1-2H3,(H2,33,34,35)/t16-/m1/s1. The van der Waals surface area contributed by atoms with Crippen molar-refractivity contribution in [1.29, 1.82) is 0 Å². The number of nitrogens with one attached hydrogen (secondary N) is 2. The summed E-state index contributed by atoms with van der Waals surface area (Å²) in [5.41, 5.74) is 1.67. The van der Waals surface area contributed by atoms with Gasteiger partial charge in [0.1, 0.15) is 43.1 Å². The molecule has 1 aliphatic heterocycles. The largest absolute Gasteiger partial charge is 0.487 e. The number of carbonyl (C=O) groups is 1. The van der Waals surface area contributed by atoms with Crippen LogP contribution in [0.2, 0.25) is 5.02 Å². The van der Waals surface area contributed by atoms with Gasteiger partial charge in [0.2, 0.25) is 11.6 Å². The van der Waals surface area contributed by atoms with E-state index in [1.807, 2.05) is 0 Å². The third-order valence-corrected chi connectivity index (χ3v) is 6.32. The van der Waals surface area contributed by atoms with E-state index in [2.05, 4.69) is 20.6 Å². The Bertz CT molecular complexity index is 1520. The number of amides is 2. The van der Waals surface area contributed by atoms with Gasteiger partial charge in [0.25, 0.3) is 0 Å². The van der Waals surface area contributed by atoms with Crippen LogP contribution in [0.5, 0.6) is 28.9 Å². The van der Waals surface area contributed by atoms with Crippen LogP contribution in [0.25, 0.3) is 10.9 Å². The molecule has 1 aliphatic rings. The van der Waals surface area contributed by atoms with E-state index in [1.165, 1.54) is 18.5 Å². The minimum atomic E-state index is -0.471. The van der Waals surface area contributed by atoms with Crippen molar-refractivity contribution in [1.82, 2.24) is 15.3 Å². The van der Waals surface area contributed by atoms with Crippen LogP contribution >= 0.6 is 11.6 Å². The summed E-state index contributed by atoms with van der Waals surface area (Å²) in [5.74, 6) is 1.60. The lowest BCUT2D eigenvalue weighted by atomic mass is 10.1. The molecule has 1 aromatic heterocycles. The molecule has 10 nitrogen and oxygen atoms in total. The van der Waals surface area contributed by atoms with E-state index in [9.17, 15) is 9.18 Å². The number of ether oxygens (including phenoxy) is 5. The molecule has 0 unspecified atom stereocenters. The summed E-state index contributed by atoms with van der Waals surface area (Å²) >= 11 is 6.46. The maximum atomic E-state index is 13.2. The maximum absolute atomic E-state index is 13.2. The van der Waals surface area contributed by atoms with E-state index in [-0.39, 0.29) is 22.8 Å². The van der Waals surface area contributed by atoms with Crippen molar-refractivity contribution in [3.63, 3.8) is 0 Å². The number of nitrogens with zero attached hydrogens (tertiary/aromatic N) is 2. The van der Waals surface area contributed by atoms with E-state index in [0.29, 0.717) is 66.0 Å². The fourth-order valence-electron chi connectivity index (χ4n) is 4.06. The first-order valence-electron chi connectivity index (χ1n) is 12.4. The Morgan fingerprint density at radius 3 is 2.60 bits per heavy atom. The van der Waals surface area contributed by atoms with Crippen molar-refractivity contribution < 1.29 is 32.9 Å². The summed E-state index contributed by atoms with van der Waals surface area (Å²) < 4.78 is 41.9. The minimum absolute atomic E-state index is 0.234. The quantitative estimate of drug-likeness (QED) is 0.240. The zero-order valence-electron chi connectivity index (χ0n) is 21.7. The number of urea groups is 1. The normalized spacial score (nSPS) is 13.0. The molecule has 3 aromatic carbocycles. The summed E-state index contributed by atoms with van der Waals surface area (Å²) in [4.78, 5) is 21.2. The molecule has 12 heteroatoms. The van der Waals surface area contributed by atoms with E-state index >= 15 is 0 Å². The zero-order valence-corrected chi connectivity index (χ0v) is 22.5. The molecule has 0 bridgehead atoms. The number of carbonyl (C=O) groups excluding carboxylic acids is 1. The van der Waals surface area contributed by atoms with Gasteiger partial charge in [-0.25, -0.2) is 19.2 Å². The SMILES string of the molecule is COCCOc1cc2ncnc(Oc3ccc(NC(=O)N[C@H](C)c4ccc(F)cc4)c(Cl)c3)c2c2c1OCCO2. The average Bonchev–Trinajstić information content (AvgIpc) is 2.95.